The van der Waals surface area contributed by atoms with E-state index in [4.69, 9.17) is 15.2 Å². The van der Waals surface area contributed by atoms with Gasteiger partial charge in [-0.05, 0) is 53.0 Å². The van der Waals surface area contributed by atoms with E-state index >= 15 is 0 Å². The van der Waals surface area contributed by atoms with Gasteiger partial charge >= 0.3 is 0 Å². The first kappa shape index (κ1) is 12.9. The van der Waals surface area contributed by atoms with Crippen molar-refractivity contribution < 1.29 is 9.47 Å². The van der Waals surface area contributed by atoms with E-state index in [1.165, 1.54) is 19.3 Å². The van der Waals surface area contributed by atoms with Gasteiger partial charge in [-0.2, -0.15) is 0 Å². The lowest BCUT2D eigenvalue weighted by atomic mass is 9.77. The van der Waals surface area contributed by atoms with Gasteiger partial charge in [0.1, 0.15) is 0 Å². The molecule has 0 aromatic heterocycles. The number of ether oxygens (including phenoxy) is 2. The second-order valence-electron chi connectivity index (χ2n) is 5.38. The molecule has 3 heteroatoms. The highest BCUT2D eigenvalue weighted by atomic mass is 16.5. The topological polar surface area (TPSA) is 44.5 Å². The fraction of sp³-hybridized carbons (Fsp3) is 1.00. The maximum Gasteiger partial charge on any atom is 0.0708 e. The largest absolute Gasteiger partial charge is 0.373 e. The first-order chi connectivity index (χ1) is 6.97. The Bertz CT molecular complexity index is 183. The highest BCUT2D eigenvalue weighted by Gasteiger charge is 2.36. The molecule has 90 valence electrons. The first-order valence-electron chi connectivity index (χ1n) is 5.95. The van der Waals surface area contributed by atoms with Crippen molar-refractivity contribution in [2.75, 3.05) is 19.8 Å². The van der Waals surface area contributed by atoms with Crippen LogP contribution in [0.3, 0.4) is 0 Å². The third-order valence-corrected chi connectivity index (χ3v) is 2.89. The van der Waals surface area contributed by atoms with E-state index in [0.717, 1.165) is 13.0 Å². The summed E-state index contributed by atoms with van der Waals surface area (Å²) in [5, 5.41) is 0. The van der Waals surface area contributed by atoms with Gasteiger partial charge in [-0.3, -0.25) is 0 Å². The lowest BCUT2D eigenvalue weighted by Crippen LogP contribution is -2.43. The molecule has 0 bridgehead atoms. The van der Waals surface area contributed by atoms with Crippen LogP contribution < -0.4 is 5.73 Å². The quantitative estimate of drug-likeness (QED) is 0.690. The summed E-state index contributed by atoms with van der Waals surface area (Å²) in [6, 6.07) is 0. The van der Waals surface area contributed by atoms with Gasteiger partial charge in [-0.1, -0.05) is 0 Å². The van der Waals surface area contributed by atoms with Crippen LogP contribution in [0.5, 0.6) is 0 Å². The molecule has 0 atom stereocenters. The fourth-order valence-corrected chi connectivity index (χ4v) is 1.91. The van der Waals surface area contributed by atoms with Crippen LogP contribution in [0.1, 0.15) is 46.5 Å². The number of hydrogen-bond acceptors (Lipinski definition) is 3. The number of rotatable bonds is 6. The second-order valence-corrected chi connectivity index (χ2v) is 5.38. The molecule has 0 saturated heterocycles. The molecule has 0 unspecified atom stereocenters. The Morgan fingerprint density at radius 3 is 2.27 bits per heavy atom. The summed E-state index contributed by atoms with van der Waals surface area (Å²) >= 11 is 0. The Labute approximate surface area is 93.3 Å². The van der Waals surface area contributed by atoms with Crippen LogP contribution in [0, 0.1) is 0 Å². The Hall–Kier alpha value is -0.120. The SMILES string of the molecule is CC(C)(C)OCCOC1(CCN)CCC1. The molecule has 15 heavy (non-hydrogen) atoms. The molecule has 0 radical (unpaired) electrons. The van der Waals surface area contributed by atoms with Crippen molar-refractivity contribution >= 4 is 0 Å². The molecule has 0 amide bonds. The average Bonchev–Trinajstić information content (AvgIpc) is 2.06. The smallest absolute Gasteiger partial charge is 0.0708 e. The molecule has 0 aliphatic heterocycles. The summed E-state index contributed by atoms with van der Waals surface area (Å²) in [6.07, 6.45) is 4.60. The molecule has 1 fully saturated rings. The van der Waals surface area contributed by atoms with Gasteiger partial charge in [0.05, 0.1) is 24.4 Å². The standard InChI is InChI=1S/C12H25NO2/c1-11(2,3)14-9-10-15-12(7-8-13)5-4-6-12/h4-10,13H2,1-3H3. The molecule has 0 aromatic rings. The normalized spacial score (nSPS) is 20.0. The average molecular weight is 215 g/mol. The molecule has 3 nitrogen and oxygen atoms in total. The van der Waals surface area contributed by atoms with Crippen LogP contribution in [-0.2, 0) is 9.47 Å². The van der Waals surface area contributed by atoms with Crippen molar-refractivity contribution in [3.63, 3.8) is 0 Å². The van der Waals surface area contributed by atoms with Gasteiger partial charge in [0.2, 0.25) is 0 Å². The monoisotopic (exact) mass is 215 g/mol. The van der Waals surface area contributed by atoms with Crippen molar-refractivity contribution in [3.05, 3.63) is 0 Å². The minimum atomic E-state index is -0.0655. The molecule has 1 aliphatic rings. The lowest BCUT2D eigenvalue weighted by Gasteiger charge is -2.41. The zero-order chi connectivity index (χ0) is 11.4. The highest BCUT2D eigenvalue weighted by Crippen LogP contribution is 2.38. The maximum absolute atomic E-state index is 5.90. The Balaban J connectivity index is 2.13. The predicted molar refractivity (Wildman–Crippen MR) is 61.9 cm³/mol. The van der Waals surface area contributed by atoms with E-state index in [9.17, 15) is 0 Å². The summed E-state index contributed by atoms with van der Waals surface area (Å²) in [7, 11) is 0. The van der Waals surface area contributed by atoms with Crippen LogP contribution in [0.25, 0.3) is 0 Å². The van der Waals surface area contributed by atoms with E-state index < -0.39 is 0 Å². The minimum absolute atomic E-state index is 0.0655. The van der Waals surface area contributed by atoms with Gasteiger partial charge in [0, 0.05) is 0 Å². The van der Waals surface area contributed by atoms with Gasteiger partial charge in [0.25, 0.3) is 0 Å². The van der Waals surface area contributed by atoms with Crippen molar-refractivity contribution in [1.29, 1.82) is 0 Å². The van der Waals surface area contributed by atoms with Gasteiger partial charge in [-0.15, -0.1) is 0 Å². The van der Waals surface area contributed by atoms with Crippen molar-refractivity contribution in [2.45, 2.75) is 57.7 Å². The van der Waals surface area contributed by atoms with Gasteiger partial charge in [0.15, 0.2) is 0 Å². The van der Waals surface area contributed by atoms with Crippen molar-refractivity contribution in [3.8, 4) is 0 Å². The maximum atomic E-state index is 5.90. The van der Waals surface area contributed by atoms with Crippen LogP contribution in [0.4, 0.5) is 0 Å². The van der Waals surface area contributed by atoms with Crippen LogP contribution in [0.15, 0.2) is 0 Å². The summed E-state index contributed by atoms with van der Waals surface area (Å²) in [5.41, 5.74) is 5.61. The van der Waals surface area contributed by atoms with E-state index in [1.54, 1.807) is 0 Å². The molecule has 2 N–H and O–H groups in total. The molecular weight excluding hydrogens is 190 g/mol. The first-order valence-corrected chi connectivity index (χ1v) is 5.95. The van der Waals surface area contributed by atoms with Gasteiger partial charge < -0.3 is 15.2 Å². The van der Waals surface area contributed by atoms with E-state index in [0.29, 0.717) is 13.2 Å². The molecule has 1 rings (SSSR count). The summed E-state index contributed by atoms with van der Waals surface area (Å²) in [4.78, 5) is 0. The zero-order valence-corrected chi connectivity index (χ0v) is 10.3. The second kappa shape index (κ2) is 5.28. The summed E-state index contributed by atoms with van der Waals surface area (Å²) in [5.74, 6) is 0. The Morgan fingerprint density at radius 1 is 1.20 bits per heavy atom. The summed E-state index contributed by atoms with van der Waals surface area (Å²) in [6.45, 7) is 8.28. The third kappa shape index (κ3) is 4.49. The van der Waals surface area contributed by atoms with Crippen molar-refractivity contribution in [1.82, 2.24) is 0 Å². The van der Waals surface area contributed by atoms with E-state index in [-0.39, 0.29) is 11.2 Å². The number of nitrogens with two attached hydrogens (primary N) is 1. The van der Waals surface area contributed by atoms with E-state index in [1.807, 2.05) is 0 Å². The van der Waals surface area contributed by atoms with Crippen LogP contribution in [-0.4, -0.2) is 31.0 Å². The summed E-state index contributed by atoms with van der Waals surface area (Å²) < 4.78 is 11.5. The lowest BCUT2D eigenvalue weighted by molar-refractivity contribution is -0.129. The predicted octanol–water partition coefficient (Wildman–Crippen LogP) is 2.09. The number of hydrogen-bond donors (Lipinski definition) is 1. The van der Waals surface area contributed by atoms with E-state index in [2.05, 4.69) is 20.8 Å². The zero-order valence-electron chi connectivity index (χ0n) is 10.3. The van der Waals surface area contributed by atoms with Gasteiger partial charge in [-0.25, -0.2) is 0 Å². The fourth-order valence-electron chi connectivity index (χ4n) is 1.91. The highest BCUT2D eigenvalue weighted by molar-refractivity contribution is 4.89. The minimum Gasteiger partial charge on any atom is -0.373 e. The molecule has 0 aromatic carbocycles. The Morgan fingerprint density at radius 2 is 1.87 bits per heavy atom. The molecular formula is C12H25NO2. The molecule has 0 spiro atoms. The molecule has 0 heterocycles. The van der Waals surface area contributed by atoms with Crippen molar-refractivity contribution in [2.24, 2.45) is 5.73 Å². The molecule has 1 aliphatic carbocycles. The Kier molecular flexibility index (Phi) is 4.56. The molecule has 1 saturated carbocycles. The van der Waals surface area contributed by atoms with Crippen LogP contribution in [0.2, 0.25) is 0 Å². The third-order valence-electron chi connectivity index (χ3n) is 2.89. The van der Waals surface area contributed by atoms with Crippen LogP contribution >= 0.6 is 0 Å².